The van der Waals surface area contributed by atoms with Crippen molar-refractivity contribution < 1.29 is 13.3 Å². The standard InChI is InChI=1S/C14H21N3O4S/c1-10-4-5-13(17(18)19)14(11(10)2)22(20,21)16-8-6-12(15-3)7-9-16/h4-5,12,15H,6-9H2,1-3H3. The van der Waals surface area contributed by atoms with Gasteiger partial charge in [-0.05, 0) is 44.9 Å². The van der Waals surface area contributed by atoms with Crippen molar-refractivity contribution in [2.75, 3.05) is 20.1 Å². The van der Waals surface area contributed by atoms with Crippen LogP contribution in [0.1, 0.15) is 24.0 Å². The predicted molar refractivity (Wildman–Crippen MR) is 83.4 cm³/mol. The highest BCUT2D eigenvalue weighted by Crippen LogP contribution is 2.32. The number of nitrogens with one attached hydrogen (secondary N) is 1. The zero-order valence-corrected chi connectivity index (χ0v) is 13.8. The van der Waals surface area contributed by atoms with Crippen LogP contribution in [0.3, 0.4) is 0 Å². The van der Waals surface area contributed by atoms with Crippen molar-refractivity contribution in [2.24, 2.45) is 0 Å². The first kappa shape index (κ1) is 16.9. The molecule has 0 aromatic heterocycles. The molecule has 7 nitrogen and oxygen atoms in total. The van der Waals surface area contributed by atoms with Gasteiger partial charge < -0.3 is 5.32 Å². The van der Waals surface area contributed by atoms with Crippen LogP contribution in [0.5, 0.6) is 0 Å². The maximum absolute atomic E-state index is 12.9. The van der Waals surface area contributed by atoms with E-state index in [0.717, 1.165) is 5.56 Å². The molecule has 1 aliphatic heterocycles. The minimum atomic E-state index is -3.86. The summed E-state index contributed by atoms with van der Waals surface area (Å²) in [6.45, 7) is 4.12. The second-order valence-corrected chi connectivity index (χ2v) is 7.45. The zero-order chi connectivity index (χ0) is 16.5. The molecule has 1 aromatic carbocycles. The molecule has 0 aliphatic carbocycles. The van der Waals surface area contributed by atoms with Crippen LogP contribution < -0.4 is 5.32 Å². The fourth-order valence-corrected chi connectivity index (χ4v) is 4.66. The first-order chi connectivity index (χ1) is 10.3. The van der Waals surface area contributed by atoms with Crippen LogP contribution in [0.4, 0.5) is 5.69 Å². The predicted octanol–water partition coefficient (Wildman–Crippen LogP) is 1.58. The topological polar surface area (TPSA) is 92.6 Å². The van der Waals surface area contributed by atoms with E-state index in [-0.39, 0.29) is 10.6 Å². The van der Waals surface area contributed by atoms with E-state index < -0.39 is 14.9 Å². The van der Waals surface area contributed by atoms with E-state index in [0.29, 0.717) is 37.5 Å². The van der Waals surface area contributed by atoms with Gasteiger partial charge in [-0.15, -0.1) is 0 Å². The molecule has 0 spiro atoms. The Morgan fingerprint density at radius 2 is 1.86 bits per heavy atom. The number of benzene rings is 1. The van der Waals surface area contributed by atoms with Crippen molar-refractivity contribution in [3.8, 4) is 0 Å². The molecule has 0 amide bonds. The van der Waals surface area contributed by atoms with Crippen LogP contribution in [-0.2, 0) is 10.0 Å². The van der Waals surface area contributed by atoms with Gasteiger partial charge in [-0.25, -0.2) is 8.42 Å². The molecule has 0 unspecified atom stereocenters. The van der Waals surface area contributed by atoms with E-state index in [1.165, 1.54) is 10.4 Å². The molecular weight excluding hydrogens is 306 g/mol. The molecule has 22 heavy (non-hydrogen) atoms. The van der Waals surface area contributed by atoms with Crippen molar-refractivity contribution in [3.05, 3.63) is 33.4 Å². The van der Waals surface area contributed by atoms with Gasteiger partial charge in [0.2, 0.25) is 10.0 Å². The van der Waals surface area contributed by atoms with Crippen molar-refractivity contribution in [2.45, 2.75) is 37.6 Å². The van der Waals surface area contributed by atoms with Crippen LogP contribution >= 0.6 is 0 Å². The number of sulfonamides is 1. The van der Waals surface area contributed by atoms with Crippen LogP contribution in [0, 0.1) is 24.0 Å². The van der Waals surface area contributed by atoms with E-state index in [4.69, 9.17) is 0 Å². The van der Waals surface area contributed by atoms with Gasteiger partial charge >= 0.3 is 0 Å². The number of nitrogens with zero attached hydrogens (tertiary/aromatic N) is 2. The Hall–Kier alpha value is -1.51. The molecule has 2 rings (SSSR count). The second-order valence-electron chi connectivity index (χ2n) is 5.58. The summed E-state index contributed by atoms with van der Waals surface area (Å²) in [6.07, 6.45) is 1.41. The molecule has 0 bridgehead atoms. The van der Waals surface area contributed by atoms with Gasteiger partial charge in [-0.3, -0.25) is 10.1 Å². The van der Waals surface area contributed by atoms with Gasteiger partial charge in [-0.2, -0.15) is 4.31 Å². The lowest BCUT2D eigenvalue weighted by Crippen LogP contribution is -2.44. The quantitative estimate of drug-likeness (QED) is 0.669. The lowest BCUT2D eigenvalue weighted by molar-refractivity contribution is -0.388. The van der Waals surface area contributed by atoms with Crippen molar-refractivity contribution >= 4 is 15.7 Å². The maximum Gasteiger partial charge on any atom is 0.289 e. The smallest absolute Gasteiger partial charge is 0.289 e. The molecule has 0 saturated carbocycles. The van der Waals surface area contributed by atoms with Gasteiger partial charge in [0.1, 0.15) is 0 Å². The minimum Gasteiger partial charge on any atom is -0.317 e. The van der Waals surface area contributed by atoms with E-state index in [2.05, 4.69) is 5.32 Å². The summed E-state index contributed by atoms with van der Waals surface area (Å²) in [7, 11) is -2.01. The third-order valence-electron chi connectivity index (χ3n) is 4.31. The minimum absolute atomic E-state index is 0.166. The SMILES string of the molecule is CNC1CCN(S(=O)(=O)c2c([N+](=O)[O-])ccc(C)c2C)CC1. The Kier molecular flexibility index (Phi) is 4.84. The summed E-state index contributed by atoms with van der Waals surface area (Å²) in [5.41, 5.74) is 0.832. The Morgan fingerprint density at radius 1 is 1.27 bits per heavy atom. The third kappa shape index (κ3) is 2.99. The van der Waals surface area contributed by atoms with Crippen molar-refractivity contribution in [1.29, 1.82) is 0 Å². The molecule has 0 atom stereocenters. The summed E-state index contributed by atoms with van der Waals surface area (Å²) >= 11 is 0. The average Bonchev–Trinajstić information content (AvgIpc) is 2.49. The third-order valence-corrected chi connectivity index (χ3v) is 6.39. The van der Waals surface area contributed by atoms with E-state index in [1.807, 2.05) is 7.05 Å². The molecule has 0 radical (unpaired) electrons. The van der Waals surface area contributed by atoms with E-state index >= 15 is 0 Å². The summed E-state index contributed by atoms with van der Waals surface area (Å²) in [4.78, 5) is 10.4. The van der Waals surface area contributed by atoms with E-state index in [1.54, 1.807) is 19.9 Å². The maximum atomic E-state index is 12.9. The Morgan fingerprint density at radius 3 is 2.36 bits per heavy atom. The highest BCUT2D eigenvalue weighted by Gasteiger charge is 2.35. The molecule has 1 saturated heterocycles. The summed E-state index contributed by atoms with van der Waals surface area (Å²) in [5, 5.41) is 14.4. The number of nitro groups is 1. The number of hydrogen-bond acceptors (Lipinski definition) is 5. The Bertz CT molecular complexity index is 680. The first-order valence-corrected chi connectivity index (χ1v) is 8.65. The number of hydrogen-bond donors (Lipinski definition) is 1. The van der Waals surface area contributed by atoms with Crippen LogP contribution in [0.15, 0.2) is 17.0 Å². The highest BCUT2D eigenvalue weighted by molar-refractivity contribution is 7.89. The lowest BCUT2D eigenvalue weighted by Gasteiger charge is -2.31. The first-order valence-electron chi connectivity index (χ1n) is 7.21. The number of rotatable bonds is 4. The number of nitro benzene ring substituents is 1. The number of piperidine rings is 1. The molecular formula is C14H21N3O4S. The van der Waals surface area contributed by atoms with Gasteiger partial charge in [0.15, 0.2) is 4.90 Å². The molecule has 122 valence electrons. The Balaban J connectivity index is 2.46. The van der Waals surface area contributed by atoms with Crippen molar-refractivity contribution in [1.82, 2.24) is 9.62 Å². The summed E-state index contributed by atoms with van der Waals surface area (Å²) < 4.78 is 27.1. The van der Waals surface area contributed by atoms with Gasteiger partial charge in [-0.1, -0.05) is 6.07 Å². The van der Waals surface area contributed by atoms with Crippen LogP contribution in [0.2, 0.25) is 0 Å². The van der Waals surface area contributed by atoms with Gasteiger partial charge in [0, 0.05) is 25.2 Å². The van der Waals surface area contributed by atoms with Crippen molar-refractivity contribution in [3.63, 3.8) is 0 Å². The molecule has 1 fully saturated rings. The monoisotopic (exact) mass is 327 g/mol. The van der Waals surface area contributed by atoms with Gasteiger partial charge in [0.25, 0.3) is 5.69 Å². The largest absolute Gasteiger partial charge is 0.317 e. The highest BCUT2D eigenvalue weighted by atomic mass is 32.2. The second kappa shape index (κ2) is 6.31. The normalized spacial score (nSPS) is 17.6. The molecule has 8 heteroatoms. The van der Waals surface area contributed by atoms with Crippen LogP contribution in [0.25, 0.3) is 0 Å². The Labute approximate surface area is 130 Å². The lowest BCUT2D eigenvalue weighted by atomic mass is 10.1. The zero-order valence-electron chi connectivity index (χ0n) is 13.0. The molecule has 1 aliphatic rings. The average molecular weight is 327 g/mol. The molecule has 1 aromatic rings. The van der Waals surface area contributed by atoms with Crippen LogP contribution in [-0.4, -0.2) is 43.8 Å². The number of aryl methyl sites for hydroxylation is 1. The van der Waals surface area contributed by atoms with E-state index in [9.17, 15) is 18.5 Å². The molecule has 1 N–H and O–H groups in total. The summed E-state index contributed by atoms with van der Waals surface area (Å²) in [6, 6.07) is 3.15. The molecule has 1 heterocycles. The fourth-order valence-electron chi connectivity index (χ4n) is 2.76. The fraction of sp³-hybridized carbons (Fsp3) is 0.571. The van der Waals surface area contributed by atoms with Gasteiger partial charge in [0.05, 0.1) is 4.92 Å². The summed E-state index contributed by atoms with van der Waals surface area (Å²) in [5.74, 6) is 0.